The molecule has 4 nitrogen and oxygen atoms in total. The van der Waals surface area contributed by atoms with Gasteiger partial charge in [-0.2, -0.15) is 0 Å². The standard InChI is InChI=1S/C16H29N3O/c1-7-10-17-13-11-12(8-2)18-15(19-13)14(20-9-3)16(4,5)6/h11,14H,7-10H2,1-6H3,(H,17,18,19). The highest BCUT2D eigenvalue weighted by Gasteiger charge is 2.29. The van der Waals surface area contributed by atoms with E-state index in [2.05, 4.69) is 49.9 Å². The van der Waals surface area contributed by atoms with E-state index in [1.165, 1.54) is 0 Å². The molecule has 0 fully saturated rings. The second-order valence-corrected chi connectivity index (χ2v) is 6.08. The SMILES string of the molecule is CCCNc1cc(CC)nc(C(OCC)C(C)(C)C)n1. The first-order valence-electron chi connectivity index (χ1n) is 7.65. The molecular formula is C16H29N3O. The molecule has 1 rings (SSSR count). The van der Waals surface area contributed by atoms with Crippen molar-refractivity contribution in [3.05, 3.63) is 17.6 Å². The first-order valence-corrected chi connectivity index (χ1v) is 7.65. The fourth-order valence-corrected chi connectivity index (χ4v) is 2.04. The van der Waals surface area contributed by atoms with Gasteiger partial charge in [-0.15, -0.1) is 0 Å². The molecule has 0 saturated heterocycles. The summed E-state index contributed by atoms with van der Waals surface area (Å²) in [5.74, 6) is 1.69. The Morgan fingerprint density at radius 1 is 1.20 bits per heavy atom. The van der Waals surface area contributed by atoms with E-state index in [0.717, 1.165) is 36.7 Å². The van der Waals surface area contributed by atoms with Crippen LogP contribution in [0.2, 0.25) is 0 Å². The zero-order valence-corrected chi connectivity index (χ0v) is 13.8. The molecule has 4 heteroatoms. The van der Waals surface area contributed by atoms with Gasteiger partial charge in [-0.1, -0.05) is 34.6 Å². The van der Waals surface area contributed by atoms with Crippen LogP contribution in [0.25, 0.3) is 0 Å². The fraction of sp³-hybridized carbons (Fsp3) is 0.750. The van der Waals surface area contributed by atoms with Crippen molar-refractivity contribution in [2.45, 2.75) is 60.5 Å². The summed E-state index contributed by atoms with van der Waals surface area (Å²) in [6, 6.07) is 2.03. The molecule has 114 valence electrons. The van der Waals surface area contributed by atoms with Crippen LogP contribution in [0.4, 0.5) is 5.82 Å². The lowest BCUT2D eigenvalue weighted by Crippen LogP contribution is -2.24. The molecule has 1 aromatic heterocycles. The molecule has 0 aliphatic carbocycles. The molecule has 1 atom stereocenters. The van der Waals surface area contributed by atoms with Crippen LogP contribution in [0.3, 0.4) is 0 Å². The van der Waals surface area contributed by atoms with Crippen molar-refractivity contribution in [3.8, 4) is 0 Å². The van der Waals surface area contributed by atoms with Crippen LogP contribution < -0.4 is 5.32 Å². The van der Waals surface area contributed by atoms with E-state index < -0.39 is 0 Å². The van der Waals surface area contributed by atoms with Crippen LogP contribution in [-0.2, 0) is 11.2 Å². The van der Waals surface area contributed by atoms with E-state index >= 15 is 0 Å². The van der Waals surface area contributed by atoms with Gasteiger partial charge in [0.25, 0.3) is 0 Å². The summed E-state index contributed by atoms with van der Waals surface area (Å²) in [6.07, 6.45) is 1.90. The topological polar surface area (TPSA) is 47.0 Å². The molecule has 0 aliphatic rings. The highest BCUT2D eigenvalue weighted by molar-refractivity contribution is 5.36. The van der Waals surface area contributed by atoms with Crippen molar-refractivity contribution < 1.29 is 4.74 Å². The van der Waals surface area contributed by atoms with Gasteiger partial charge in [0.1, 0.15) is 11.9 Å². The quantitative estimate of drug-likeness (QED) is 0.820. The minimum atomic E-state index is -0.0822. The lowest BCUT2D eigenvalue weighted by atomic mass is 9.88. The number of anilines is 1. The van der Waals surface area contributed by atoms with Crippen molar-refractivity contribution in [1.29, 1.82) is 0 Å². The summed E-state index contributed by atoms with van der Waals surface area (Å²) in [6.45, 7) is 14.3. The summed E-state index contributed by atoms with van der Waals surface area (Å²) in [5.41, 5.74) is 1.03. The van der Waals surface area contributed by atoms with Gasteiger partial charge in [0.05, 0.1) is 0 Å². The van der Waals surface area contributed by atoms with E-state index in [0.29, 0.717) is 6.61 Å². The Hall–Kier alpha value is -1.16. The van der Waals surface area contributed by atoms with Crippen molar-refractivity contribution in [2.24, 2.45) is 5.41 Å². The van der Waals surface area contributed by atoms with Gasteiger partial charge in [-0.25, -0.2) is 9.97 Å². The second-order valence-electron chi connectivity index (χ2n) is 6.08. The van der Waals surface area contributed by atoms with Crippen molar-refractivity contribution in [3.63, 3.8) is 0 Å². The maximum absolute atomic E-state index is 5.90. The maximum atomic E-state index is 5.90. The average Bonchev–Trinajstić information content (AvgIpc) is 2.40. The number of aromatic nitrogens is 2. The molecule has 0 bridgehead atoms. The molecule has 0 aliphatic heterocycles. The lowest BCUT2D eigenvalue weighted by molar-refractivity contribution is -0.0191. The Morgan fingerprint density at radius 3 is 2.40 bits per heavy atom. The van der Waals surface area contributed by atoms with Crippen LogP contribution in [0.1, 0.15) is 65.6 Å². The van der Waals surface area contributed by atoms with Gasteiger partial charge < -0.3 is 10.1 Å². The predicted octanol–water partition coefficient (Wildman–Crippen LogP) is 3.98. The van der Waals surface area contributed by atoms with Crippen LogP contribution >= 0.6 is 0 Å². The molecule has 0 spiro atoms. The molecule has 0 amide bonds. The summed E-state index contributed by atoms with van der Waals surface area (Å²) in [5, 5.41) is 3.35. The lowest BCUT2D eigenvalue weighted by Gasteiger charge is -2.29. The molecule has 20 heavy (non-hydrogen) atoms. The summed E-state index contributed by atoms with van der Waals surface area (Å²) in [4.78, 5) is 9.33. The third-order valence-corrected chi connectivity index (χ3v) is 3.07. The Balaban J connectivity index is 3.12. The zero-order valence-electron chi connectivity index (χ0n) is 13.8. The van der Waals surface area contributed by atoms with Gasteiger partial charge in [0, 0.05) is 24.9 Å². The fourth-order valence-electron chi connectivity index (χ4n) is 2.04. The van der Waals surface area contributed by atoms with Crippen molar-refractivity contribution in [1.82, 2.24) is 9.97 Å². The van der Waals surface area contributed by atoms with Gasteiger partial charge >= 0.3 is 0 Å². The Bertz CT molecular complexity index is 413. The van der Waals surface area contributed by atoms with Crippen LogP contribution in [-0.4, -0.2) is 23.1 Å². The van der Waals surface area contributed by atoms with E-state index in [4.69, 9.17) is 4.74 Å². The summed E-state index contributed by atoms with van der Waals surface area (Å²) >= 11 is 0. The first-order chi connectivity index (χ1) is 9.42. The Kier molecular flexibility index (Phi) is 6.40. The largest absolute Gasteiger partial charge is 0.370 e. The van der Waals surface area contributed by atoms with Crippen LogP contribution in [0, 0.1) is 5.41 Å². The molecule has 1 aromatic rings. The highest BCUT2D eigenvalue weighted by atomic mass is 16.5. The normalized spacial score (nSPS) is 13.3. The van der Waals surface area contributed by atoms with Crippen molar-refractivity contribution >= 4 is 5.82 Å². The third-order valence-electron chi connectivity index (χ3n) is 3.07. The molecule has 1 heterocycles. The summed E-state index contributed by atoms with van der Waals surface area (Å²) in [7, 11) is 0. The molecule has 0 saturated carbocycles. The minimum absolute atomic E-state index is 0.0234. The first kappa shape index (κ1) is 16.9. The van der Waals surface area contributed by atoms with Gasteiger partial charge in [0.15, 0.2) is 5.82 Å². The molecule has 1 unspecified atom stereocenters. The van der Waals surface area contributed by atoms with E-state index in [1.54, 1.807) is 0 Å². The van der Waals surface area contributed by atoms with Crippen LogP contribution in [0.15, 0.2) is 6.07 Å². The van der Waals surface area contributed by atoms with Crippen LogP contribution in [0.5, 0.6) is 0 Å². The molecule has 0 aromatic carbocycles. The smallest absolute Gasteiger partial charge is 0.160 e. The zero-order chi connectivity index (χ0) is 15.2. The Labute approximate surface area is 123 Å². The number of hydrogen-bond donors (Lipinski definition) is 1. The number of nitrogens with one attached hydrogen (secondary N) is 1. The number of nitrogens with zero attached hydrogens (tertiary/aromatic N) is 2. The van der Waals surface area contributed by atoms with E-state index in [-0.39, 0.29) is 11.5 Å². The van der Waals surface area contributed by atoms with Gasteiger partial charge in [-0.3, -0.25) is 0 Å². The maximum Gasteiger partial charge on any atom is 0.160 e. The average molecular weight is 279 g/mol. The number of rotatable bonds is 7. The number of aryl methyl sites for hydroxylation is 1. The minimum Gasteiger partial charge on any atom is -0.370 e. The predicted molar refractivity (Wildman–Crippen MR) is 84.0 cm³/mol. The number of hydrogen-bond acceptors (Lipinski definition) is 4. The number of ether oxygens (including phenoxy) is 1. The highest BCUT2D eigenvalue weighted by Crippen LogP contribution is 2.34. The molecule has 1 N–H and O–H groups in total. The molecular weight excluding hydrogens is 250 g/mol. The molecule has 0 radical (unpaired) electrons. The van der Waals surface area contributed by atoms with E-state index in [1.807, 2.05) is 13.0 Å². The third kappa shape index (κ3) is 4.75. The monoisotopic (exact) mass is 279 g/mol. The van der Waals surface area contributed by atoms with E-state index in [9.17, 15) is 0 Å². The van der Waals surface area contributed by atoms with Gasteiger partial charge in [-0.05, 0) is 25.2 Å². The Morgan fingerprint density at radius 2 is 1.90 bits per heavy atom. The van der Waals surface area contributed by atoms with Crippen molar-refractivity contribution in [2.75, 3.05) is 18.5 Å². The van der Waals surface area contributed by atoms with Gasteiger partial charge in [0.2, 0.25) is 0 Å². The second kappa shape index (κ2) is 7.58. The summed E-state index contributed by atoms with van der Waals surface area (Å²) < 4.78 is 5.90.